The number of halogens is 1. The van der Waals surface area contributed by atoms with Crippen molar-refractivity contribution in [2.24, 2.45) is 0 Å². The van der Waals surface area contributed by atoms with Gasteiger partial charge in [0.15, 0.2) is 0 Å². The van der Waals surface area contributed by atoms with E-state index in [1.807, 2.05) is 30.3 Å². The van der Waals surface area contributed by atoms with E-state index in [9.17, 15) is 9.59 Å². The zero-order valence-electron chi connectivity index (χ0n) is 16.6. The Bertz CT molecular complexity index is 1030. The average Bonchev–Trinajstić information content (AvgIpc) is 3.05. The maximum atomic E-state index is 12.4. The predicted octanol–water partition coefficient (Wildman–Crippen LogP) is 5.47. The van der Waals surface area contributed by atoms with E-state index in [-0.39, 0.29) is 0 Å². The summed E-state index contributed by atoms with van der Waals surface area (Å²) in [4.78, 5) is 28.8. The van der Waals surface area contributed by atoms with Crippen LogP contribution in [-0.4, -0.2) is 28.6 Å². The molecule has 0 spiro atoms. The molecule has 0 radical (unpaired) electrons. The summed E-state index contributed by atoms with van der Waals surface area (Å²) in [5.41, 5.74) is 1.62. The maximum Gasteiger partial charge on any atom is 0.408 e. The van der Waals surface area contributed by atoms with Crippen LogP contribution in [0.3, 0.4) is 0 Å². The number of fused-ring (bicyclic) bond motifs is 1. The second-order valence-corrected chi connectivity index (χ2v) is 8.98. The number of amides is 2. The van der Waals surface area contributed by atoms with Crippen LogP contribution in [-0.2, 0) is 9.53 Å². The number of rotatable bonds is 4. The van der Waals surface area contributed by atoms with Crippen molar-refractivity contribution in [2.45, 2.75) is 39.3 Å². The second-order valence-electron chi connectivity index (χ2n) is 7.54. The van der Waals surface area contributed by atoms with Gasteiger partial charge in [-0.1, -0.05) is 23.7 Å². The summed E-state index contributed by atoms with van der Waals surface area (Å²) in [5.74, 6) is -0.398. The average molecular weight is 432 g/mol. The third-order valence-electron chi connectivity index (χ3n) is 3.89. The highest BCUT2D eigenvalue weighted by molar-refractivity contribution is 7.21. The van der Waals surface area contributed by atoms with Crippen LogP contribution in [0.5, 0.6) is 0 Å². The monoisotopic (exact) mass is 431 g/mol. The lowest BCUT2D eigenvalue weighted by atomic mass is 10.2. The quantitative estimate of drug-likeness (QED) is 0.574. The highest BCUT2D eigenvalue weighted by Crippen LogP contribution is 2.33. The number of anilines is 1. The Morgan fingerprint density at radius 2 is 1.90 bits per heavy atom. The molecule has 6 nitrogen and oxygen atoms in total. The fourth-order valence-electron chi connectivity index (χ4n) is 2.54. The SMILES string of the molecule is C[C@H](NC(=O)OC(C)(C)C)C(=O)Nc1ccc(-c2nc3ccccc3s2)cc1Cl. The van der Waals surface area contributed by atoms with Crippen LogP contribution >= 0.6 is 22.9 Å². The van der Waals surface area contributed by atoms with Crippen molar-refractivity contribution in [2.75, 3.05) is 5.32 Å². The number of hydrogen-bond donors (Lipinski definition) is 2. The van der Waals surface area contributed by atoms with Crippen LogP contribution in [0.25, 0.3) is 20.8 Å². The van der Waals surface area contributed by atoms with E-state index in [1.165, 1.54) is 0 Å². The summed E-state index contributed by atoms with van der Waals surface area (Å²) in [7, 11) is 0. The standard InChI is InChI=1S/C21H22ClN3O3S/c1-12(23-20(27)28-21(2,3)4)18(26)24-15-10-9-13(11-14(15)22)19-25-16-7-5-6-8-17(16)29-19/h5-12H,1-4H3,(H,23,27)(H,24,26)/t12-/m0/s1. The van der Waals surface area contributed by atoms with Gasteiger partial charge < -0.3 is 15.4 Å². The molecule has 1 atom stereocenters. The van der Waals surface area contributed by atoms with E-state index in [4.69, 9.17) is 16.3 Å². The molecule has 0 unspecified atom stereocenters. The highest BCUT2D eigenvalue weighted by Gasteiger charge is 2.21. The molecule has 0 bridgehead atoms. The molecule has 29 heavy (non-hydrogen) atoms. The number of carbonyl (C=O) groups is 2. The van der Waals surface area contributed by atoms with E-state index >= 15 is 0 Å². The molecule has 1 aromatic heterocycles. The summed E-state index contributed by atoms with van der Waals surface area (Å²) in [5, 5.41) is 6.47. The minimum Gasteiger partial charge on any atom is -0.444 e. The molecule has 152 valence electrons. The number of carbonyl (C=O) groups excluding carboxylic acids is 2. The lowest BCUT2D eigenvalue weighted by Crippen LogP contribution is -2.44. The van der Waals surface area contributed by atoms with Gasteiger partial charge in [0.1, 0.15) is 16.7 Å². The third kappa shape index (κ3) is 5.46. The van der Waals surface area contributed by atoms with Crippen molar-refractivity contribution in [1.82, 2.24) is 10.3 Å². The number of para-hydroxylation sites is 1. The minimum absolute atomic E-state index is 0.388. The molecule has 2 aromatic carbocycles. The number of benzene rings is 2. The van der Waals surface area contributed by atoms with Crippen molar-refractivity contribution < 1.29 is 14.3 Å². The molecule has 0 aliphatic heterocycles. The van der Waals surface area contributed by atoms with E-state index in [0.29, 0.717) is 10.7 Å². The van der Waals surface area contributed by atoms with Gasteiger partial charge in [-0.05, 0) is 58.0 Å². The predicted molar refractivity (Wildman–Crippen MR) is 118 cm³/mol. The number of hydrogen-bond acceptors (Lipinski definition) is 5. The van der Waals surface area contributed by atoms with Crippen molar-refractivity contribution in [3.05, 3.63) is 47.5 Å². The number of nitrogens with zero attached hydrogens (tertiary/aromatic N) is 1. The van der Waals surface area contributed by atoms with Crippen LogP contribution < -0.4 is 10.6 Å². The Morgan fingerprint density at radius 1 is 1.17 bits per heavy atom. The largest absolute Gasteiger partial charge is 0.444 e. The molecule has 0 fully saturated rings. The topological polar surface area (TPSA) is 80.3 Å². The molecular formula is C21H22ClN3O3S. The first-order valence-electron chi connectivity index (χ1n) is 9.08. The molecule has 0 aliphatic carbocycles. The van der Waals surface area contributed by atoms with Gasteiger partial charge in [0.25, 0.3) is 0 Å². The number of nitrogens with one attached hydrogen (secondary N) is 2. The van der Waals surface area contributed by atoms with Crippen molar-refractivity contribution >= 4 is 50.8 Å². The zero-order valence-corrected chi connectivity index (χ0v) is 18.1. The normalized spacial score (nSPS) is 12.4. The van der Waals surface area contributed by atoms with E-state index < -0.39 is 23.6 Å². The number of alkyl carbamates (subject to hydrolysis) is 1. The van der Waals surface area contributed by atoms with E-state index in [1.54, 1.807) is 51.2 Å². The smallest absolute Gasteiger partial charge is 0.408 e. The molecule has 0 saturated heterocycles. The Balaban J connectivity index is 1.68. The summed E-state index contributed by atoms with van der Waals surface area (Å²) >= 11 is 7.95. The minimum atomic E-state index is -0.787. The summed E-state index contributed by atoms with van der Waals surface area (Å²) in [6.07, 6.45) is -0.655. The summed E-state index contributed by atoms with van der Waals surface area (Å²) < 4.78 is 6.26. The fraction of sp³-hybridized carbons (Fsp3) is 0.286. The van der Waals surface area contributed by atoms with Gasteiger partial charge in [-0.15, -0.1) is 11.3 Å². The lowest BCUT2D eigenvalue weighted by Gasteiger charge is -2.21. The molecule has 2 N–H and O–H groups in total. The van der Waals surface area contributed by atoms with Gasteiger partial charge in [0.2, 0.25) is 5.91 Å². The van der Waals surface area contributed by atoms with Gasteiger partial charge in [-0.2, -0.15) is 0 Å². The highest BCUT2D eigenvalue weighted by atomic mass is 35.5. The second kappa shape index (κ2) is 8.39. The van der Waals surface area contributed by atoms with Gasteiger partial charge in [0.05, 0.1) is 20.9 Å². The first-order valence-corrected chi connectivity index (χ1v) is 10.3. The van der Waals surface area contributed by atoms with Crippen molar-refractivity contribution in [3.8, 4) is 10.6 Å². The molecule has 0 aliphatic rings. The van der Waals surface area contributed by atoms with E-state index in [0.717, 1.165) is 20.8 Å². The maximum absolute atomic E-state index is 12.4. The Labute approximate surface area is 178 Å². The van der Waals surface area contributed by atoms with Gasteiger partial charge >= 0.3 is 6.09 Å². The van der Waals surface area contributed by atoms with Crippen LogP contribution in [0.1, 0.15) is 27.7 Å². The lowest BCUT2D eigenvalue weighted by molar-refractivity contribution is -0.117. The molecular weight excluding hydrogens is 410 g/mol. The van der Waals surface area contributed by atoms with Crippen LogP contribution in [0.15, 0.2) is 42.5 Å². The molecule has 0 saturated carbocycles. The fourth-order valence-corrected chi connectivity index (χ4v) is 3.73. The zero-order chi connectivity index (χ0) is 21.2. The number of thiazole rings is 1. The Kier molecular flexibility index (Phi) is 6.10. The van der Waals surface area contributed by atoms with Crippen LogP contribution in [0.4, 0.5) is 10.5 Å². The molecule has 3 rings (SSSR count). The first-order chi connectivity index (χ1) is 13.6. The van der Waals surface area contributed by atoms with Gasteiger partial charge in [-0.25, -0.2) is 9.78 Å². The van der Waals surface area contributed by atoms with Gasteiger partial charge in [-0.3, -0.25) is 4.79 Å². The first kappa shape index (κ1) is 21.1. The molecule has 2 amide bonds. The van der Waals surface area contributed by atoms with Crippen LogP contribution in [0, 0.1) is 0 Å². The summed E-state index contributed by atoms with van der Waals surface area (Å²) in [6.45, 7) is 6.83. The van der Waals surface area contributed by atoms with Crippen molar-refractivity contribution in [3.63, 3.8) is 0 Å². The molecule has 8 heteroatoms. The summed E-state index contributed by atoms with van der Waals surface area (Å²) in [6, 6.07) is 12.5. The third-order valence-corrected chi connectivity index (χ3v) is 5.29. The van der Waals surface area contributed by atoms with Gasteiger partial charge in [0, 0.05) is 5.56 Å². The van der Waals surface area contributed by atoms with E-state index in [2.05, 4.69) is 15.6 Å². The van der Waals surface area contributed by atoms with Crippen LogP contribution in [0.2, 0.25) is 5.02 Å². The molecule has 1 heterocycles. The number of ether oxygens (including phenoxy) is 1. The van der Waals surface area contributed by atoms with Crippen molar-refractivity contribution in [1.29, 1.82) is 0 Å². The number of aromatic nitrogens is 1. The molecule has 3 aromatic rings. The Hall–Kier alpha value is -2.64. The Morgan fingerprint density at radius 3 is 2.55 bits per heavy atom.